The number of aromatic nitrogens is 2. The Hall–Kier alpha value is -1.13. The maximum Gasteiger partial charge on any atom is 0.109 e. The van der Waals surface area contributed by atoms with Crippen LogP contribution in [-0.4, -0.2) is 14.2 Å². The first-order valence-corrected chi connectivity index (χ1v) is 6.80. The molecule has 0 aliphatic carbocycles. The van der Waals surface area contributed by atoms with E-state index in [1.165, 1.54) is 5.56 Å². The number of hydrogen-bond donors (Lipinski definition) is 1. The molecule has 0 saturated carbocycles. The summed E-state index contributed by atoms with van der Waals surface area (Å²) in [5.74, 6) is 1.81. The second kappa shape index (κ2) is 5.47. The molecule has 0 atom stereocenters. The maximum atomic E-state index is 5.40. The zero-order chi connectivity index (χ0) is 12.3. The molecule has 0 spiro atoms. The Morgan fingerprint density at radius 1 is 1.29 bits per heavy atom. The Kier molecular flexibility index (Phi) is 3.97. The van der Waals surface area contributed by atoms with Crippen LogP contribution in [0.4, 0.5) is 0 Å². The lowest BCUT2D eigenvalue weighted by atomic mass is 10.2. The first-order valence-electron chi connectivity index (χ1n) is 5.41. The van der Waals surface area contributed by atoms with Crippen molar-refractivity contribution in [2.24, 2.45) is 0 Å². The molecule has 4 heteroatoms. The van der Waals surface area contributed by atoms with E-state index in [2.05, 4.69) is 22.1 Å². The van der Waals surface area contributed by atoms with Crippen molar-refractivity contribution in [2.45, 2.75) is 19.6 Å². The van der Waals surface area contributed by atoms with Gasteiger partial charge in [0.1, 0.15) is 11.5 Å². The highest BCUT2D eigenvalue weighted by atomic mass is 32.2. The van der Waals surface area contributed by atoms with Crippen LogP contribution >= 0.6 is 24.0 Å². The highest BCUT2D eigenvalue weighted by Crippen LogP contribution is 2.20. The van der Waals surface area contributed by atoms with E-state index in [-0.39, 0.29) is 0 Å². The average Bonchev–Trinajstić information content (AvgIpc) is 2.67. The number of aryl methyl sites for hydroxylation is 2. The second-order valence-corrected chi connectivity index (χ2v) is 5.51. The van der Waals surface area contributed by atoms with E-state index in [0.717, 1.165) is 27.2 Å². The Bertz CT molecular complexity index is 517. The Morgan fingerprint density at radius 2 is 2.00 bits per heavy atom. The molecule has 17 heavy (non-hydrogen) atoms. The summed E-state index contributed by atoms with van der Waals surface area (Å²) in [6.45, 7) is 3.95. The summed E-state index contributed by atoms with van der Waals surface area (Å²) in [6.07, 6.45) is 0. The van der Waals surface area contributed by atoms with Gasteiger partial charge in [-0.25, -0.2) is 4.98 Å². The van der Waals surface area contributed by atoms with Gasteiger partial charge in [-0.3, -0.25) is 0 Å². The number of thiocarbonyl (C=S) groups is 1. The van der Waals surface area contributed by atoms with Gasteiger partial charge < -0.3 is 4.98 Å². The van der Waals surface area contributed by atoms with Gasteiger partial charge in [0.25, 0.3) is 0 Å². The average molecular weight is 262 g/mol. The minimum Gasteiger partial charge on any atom is -0.346 e. The van der Waals surface area contributed by atoms with Crippen molar-refractivity contribution >= 4 is 28.2 Å². The smallest absolute Gasteiger partial charge is 0.109 e. The molecule has 0 fully saturated rings. The van der Waals surface area contributed by atoms with Gasteiger partial charge in [-0.15, -0.1) is 11.8 Å². The number of imidazole rings is 1. The van der Waals surface area contributed by atoms with Gasteiger partial charge in [-0.05, 0) is 19.4 Å². The molecule has 0 aliphatic heterocycles. The van der Waals surface area contributed by atoms with Gasteiger partial charge in [-0.1, -0.05) is 42.5 Å². The van der Waals surface area contributed by atoms with E-state index in [1.54, 1.807) is 11.8 Å². The molecule has 0 radical (unpaired) electrons. The number of benzene rings is 1. The third kappa shape index (κ3) is 3.17. The molecule has 0 bridgehead atoms. The summed E-state index contributed by atoms with van der Waals surface area (Å²) in [4.78, 5) is 7.58. The molecule has 2 nitrogen and oxygen atoms in total. The van der Waals surface area contributed by atoms with E-state index in [0.29, 0.717) is 0 Å². The maximum absolute atomic E-state index is 5.40. The lowest BCUT2D eigenvalue weighted by molar-refractivity contribution is 1.13. The second-order valence-electron chi connectivity index (χ2n) is 3.86. The Labute approximate surface area is 111 Å². The van der Waals surface area contributed by atoms with Crippen LogP contribution in [0.25, 0.3) is 0 Å². The fraction of sp³-hybridized carbons (Fsp3) is 0.231. The monoisotopic (exact) mass is 262 g/mol. The predicted molar refractivity (Wildman–Crippen MR) is 77.5 cm³/mol. The van der Waals surface area contributed by atoms with Crippen molar-refractivity contribution in [2.75, 3.05) is 0 Å². The molecule has 2 rings (SSSR count). The highest BCUT2D eigenvalue weighted by Gasteiger charge is 2.10. The zero-order valence-corrected chi connectivity index (χ0v) is 11.5. The van der Waals surface area contributed by atoms with Crippen molar-refractivity contribution in [1.29, 1.82) is 0 Å². The van der Waals surface area contributed by atoms with Crippen LogP contribution in [-0.2, 0) is 5.75 Å². The minimum absolute atomic E-state index is 0.857. The lowest BCUT2D eigenvalue weighted by Crippen LogP contribution is -1.96. The number of rotatable bonds is 3. The number of thioether (sulfide) groups is 1. The molecule has 1 heterocycles. The molecular formula is C13H14N2S2. The van der Waals surface area contributed by atoms with Gasteiger partial charge in [0.05, 0.1) is 4.20 Å². The predicted octanol–water partition coefficient (Wildman–Crippen LogP) is 3.64. The van der Waals surface area contributed by atoms with Crippen LogP contribution in [0.2, 0.25) is 0 Å². The fourth-order valence-corrected chi connectivity index (χ4v) is 2.80. The topological polar surface area (TPSA) is 28.7 Å². The van der Waals surface area contributed by atoms with E-state index in [1.807, 2.05) is 32.0 Å². The van der Waals surface area contributed by atoms with E-state index in [4.69, 9.17) is 12.2 Å². The molecule has 0 amide bonds. The van der Waals surface area contributed by atoms with E-state index in [9.17, 15) is 0 Å². The SMILES string of the molecule is Cc1nc(C(=S)SCc2ccccc2)c(C)[nH]1. The number of hydrogen-bond acceptors (Lipinski definition) is 3. The summed E-state index contributed by atoms with van der Waals surface area (Å²) in [5.41, 5.74) is 3.25. The van der Waals surface area contributed by atoms with Crippen molar-refractivity contribution in [3.63, 3.8) is 0 Å². The first-order chi connectivity index (χ1) is 8.16. The molecule has 2 aromatic rings. The van der Waals surface area contributed by atoms with Crippen molar-refractivity contribution < 1.29 is 0 Å². The zero-order valence-electron chi connectivity index (χ0n) is 9.86. The summed E-state index contributed by atoms with van der Waals surface area (Å²) >= 11 is 7.06. The number of aromatic amines is 1. The molecule has 1 N–H and O–H groups in total. The van der Waals surface area contributed by atoms with Gasteiger partial charge in [0.15, 0.2) is 0 Å². The van der Waals surface area contributed by atoms with Gasteiger partial charge in [0.2, 0.25) is 0 Å². The van der Waals surface area contributed by atoms with Gasteiger partial charge >= 0.3 is 0 Å². The van der Waals surface area contributed by atoms with Crippen LogP contribution < -0.4 is 0 Å². The summed E-state index contributed by atoms with van der Waals surface area (Å²) in [5, 5.41) is 0. The Balaban J connectivity index is 2.01. The Morgan fingerprint density at radius 3 is 2.59 bits per heavy atom. The van der Waals surface area contributed by atoms with Crippen LogP contribution in [0.3, 0.4) is 0 Å². The third-order valence-electron chi connectivity index (χ3n) is 2.41. The highest BCUT2D eigenvalue weighted by molar-refractivity contribution is 8.23. The first kappa shape index (κ1) is 12.3. The molecule has 1 aromatic heterocycles. The molecule has 0 aliphatic rings. The van der Waals surface area contributed by atoms with Crippen LogP contribution in [0, 0.1) is 13.8 Å². The normalized spacial score (nSPS) is 10.5. The quantitative estimate of drug-likeness (QED) is 0.856. The van der Waals surface area contributed by atoms with Gasteiger partial charge in [-0.2, -0.15) is 0 Å². The van der Waals surface area contributed by atoms with Crippen LogP contribution in [0.5, 0.6) is 0 Å². The summed E-state index contributed by atoms with van der Waals surface area (Å²) in [7, 11) is 0. The molecule has 1 aromatic carbocycles. The molecule has 0 unspecified atom stereocenters. The van der Waals surface area contributed by atoms with Gasteiger partial charge in [0, 0.05) is 11.4 Å². The van der Waals surface area contributed by atoms with Crippen LogP contribution in [0.15, 0.2) is 30.3 Å². The molecule has 88 valence electrons. The minimum atomic E-state index is 0.857. The number of H-pyrrole nitrogens is 1. The number of nitrogens with one attached hydrogen (secondary N) is 1. The summed E-state index contributed by atoms with van der Waals surface area (Å²) < 4.78 is 0.857. The van der Waals surface area contributed by atoms with Crippen LogP contribution in [0.1, 0.15) is 22.8 Å². The molecular weight excluding hydrogens is 248 g/mol. The third-order valence-corrected chi connectivity index (χ3v) is 3.89. The number of nitrogens with zero attached hydrogens (tertiary/aromatic N) is 1. The largest absolute Gasteiger partial charge is 0.346 e. The summed E-state index contributed by atoms with van der Waals surface area (Å²) in [6, 6.07) is 10.3. The van der Waals surface area contributed by atoms with E-state index < -0.39 is 0 Å². The van der Waals surface area contributed by atoms with Crippen molar-refractivity contribution in [3.05, 3.63) is 53.1 Å². The van der Waals surface area contributed by atoms with Crippen molar-refractivity contribution in [3.8, 4) is 0 Å². The van der Waals surface area contributed by atoms with E-state index >= 15 is 0 Å². The fourth-order valence-electron chi connectivity index (χ4n) is 1.60. The lowest BCUT2D eigenvalue weighted by Gasteiger charge is -2.02. The van der Waals surface area contributed by atoms with Crippen molar-refractivity contribution in [1.82, 2.24) is 9.97 Å². The molecule has 0 saturated heterocycles. The standard InChI is InChI=1S/C13H14N2S2/c1-9-12(15-10(2)14-9)13(16)17-8-11-6-4-3-5-7-11/h3-7H,8H2,1-2H3,(H,14,15).